The fourth-order valence-electron chi connectivity index (χ4n) is 1.79. The molecule has 1 aromatic carbocycles. The number of pyridine rings is 1. The van der Waals surface area contributed by atoms with Crippen molar-refractivity contribution in [2.24, 2.45) is 0 Å². The van der Waals surface area contributed by atoms with Gasteiger partial charge in [0.2, 0.25) is 0 Å². The van der Waals surface area contributed by atoms with Gasteiger partial charge in [-0.3, -0.25) is 4.98 Å². The number of carbonyl (C=O) groups is 1. The van der Waals surface area contributed by atoms with E-state index >= 15 is 0 Å². The summed E-state index contributed by atoms with van der Waals surface area (Å²) < 4.78 is 0. The number of carboxylic acid groups (broad SMARTS) is 1. The molecule has 0 aliphatic heterocycles. The Labute approximate surface area is 116 Å². The maximum Gasteiger partial charge on any atom is 0.337 e. The number of benzene rings is 1. The summed E-state index contributed by atoms with van der Waals surface area (Å²) in [4.78, 5) is 14.7. The number of rotatable bonds is 6. The molecular weight excluding hydrogens is 256 g/mol. The Balaban J connectivity index is 1.82. The fraction of sp³-hybridized carbons (Fsp3) is 0.200. The maximum atomic E-state index is 10.7. The first-order valence-corrected chi connectivity index (χ1v) is 6.29. The maximum absolute atomic E-state index is 10.7. The van der Waals surface area contributed by atoms with Crippen LogP contribution in [0.15, 0.2) is 48.7 Å². The largest absolute Gasteiger partial charge is 0.478 e. The van der Waals surface area contributed by atoms with Gasteiger partial charge in [-0.15, -0.1) is 0 Å². The second-order valence-electron chi connectivity index (χ2n) is 4.40. The van der Waals surface area contributed by atoms with Crippen LogP contribution in [0.4, 0.5) is 0 Å². The number of aliphatic hydroxyl groups excluding tert-OH is 1. The van der Waals surface area contributed by atoms with Gasteiger partial charge in [0.1, 0.15) is 0 Å². The fourth-order valence-corrected chi connectivity index (χ4v) is 1.79. The molecule has 0 saturated heterocycles. The normalized spacial score (nSPS) is 12.1. The van der Waals surface area contributed by atoms with E-state index < -0.39 is 12.1 Å². The van der Waals surface area contributed by atoms with Gasteiger partial charge in [-0.1, -0.05) is 30.3 Å². The molecule has 3 N–H and O–H groups in total. The monoisotopic (exact) mass is 272 g/mol. The lowest BCUT2D eigenvalue weighted by atomic mass is 10.1. The average molecular weight is 272 g/mol. The van der Waals surface area contributed by atoms with Crippen LogP contribution in [0.3, 0.4) is 0 Å². The molecule has 2 aromatic rings. The van der Waals surface area contributed by atoms with Crippen LogP contribution in [0.25, 0.3) is 0 Å². The lowest BCUT2D eigenvalue weighted by Gasteiger charge is -2.11. The summed E-state index contributed by atoms with van der Waals surface area (Å²) in [6.45, 7) is 0.885. The minimum Gasteiger partial charge on any atom is -0.478 e. The molecular formula is C15H16N2O3. The minimum atomic E-state index is -0.989. The highest BCUT2D eigenvalue weighted by atomic mass is 16.4. The Morgan fingerprint density at radius 1 is 1.20 bits per heavy atom. The number of hydrogen-bond donors (Lipinski definition) is 3. The lowest BCUT2D eigenvalue weighted by molar-refractivity contribution is 0.0696. The number of nitrogens with zero attached hydrogens (tertiary/aromatic N) is 1. The Bertz CT molecular complexity index is 555. The second kappa shape index (κ2) is 6.79. The third-order valence-corrected chi connectivity index (χ3v) is 2.90. The van der Waals surface area contributed by atoms with Gasteiger partial charge in [0.15, 0.2) is 0 Å². The van der Waals surface area contributed by atoms with Gasteiger partial charge in [-0.25, -0.2) is 4.79 Å². The van der Waals surface area contributed by atoms with Gasteiger partial charge in [0, 0.05) is 19.3 Å². The van der Waals surface area contributed by atoms with Crippen molar-refractivity contribution in [2.45, 2.75) is 12.6 Å². The first-order valence-electron chi connectivity index (χ1n) is 6.29. The van der Waals surface area contributed by atoms with E-state index in [0.717, 1.165) is 11.3 Å². The van der Waals surface area contributed by atoms with E-state index in [0.29, 0.717) is 13.1 Å². The standard InChI is InChI=1S/C15H16N2O3/c18-14(11-4-2-1-3-5-11)10-16-9-13-7-6-12(8-17-13)15(19)20/h1-8,14,16,18H,9-10H2,(H,19,20). The molecule has 0 bridgehead atoms. The van der Waals surface area contributed by atoms with Crippen molar-refractivity contribution < 1.29 is 15.0 Å². The third-order valence-electron chi connectivity index (χ3n) is 2.90. The first-order chi connectivity index (χ1) is 9.66. The predicted molar refractivity (Wildman–Crippen MR) is 74.3 cm³/mol. The van der Waals surface area contributed by atoms with Crippen LogP contribution in [-0.2, 0) is 6.54 Å². The molecule has 1 atom stereocenters. The topological polar surface area (TPSA) is 82.5 Å². The summed E-state index contributed by atoms with van der Waals surface area (Å²) in [7, 11) is 0. The minimum absolute atomic E-state index is 0.165. The SMILES string of the molecule is O=C(O)c1ccc(CNCC(O)c2ccccc2)nc1. The van der Waals surface area contributed by atoms with Gasteiger partial charge in [0.25, 0.3) is 0 Å². The molecule has 20 heavy (non-hydrogen) atoms. The Hall–Kier alpha value is -2.24. The van der Waals surface area contributed by atoms with E-state index in [1.165, 1.54) is 12.3 Å². The van der Waals surface area contributed by atoms with Gasteiger partial charge in [0.05, 0.1) is 17.4 Å². The molecule has 0 spiro atoms. The van der Waals surface area contributed by atoms with Crippen molar-refractivity contribution in [3.8, 4) is 0 Å². The molecule has 5 nitrogen and oxygen atoms in total. The average Bonchev–Trinajstić information content (AvgIpc) is 2.48. The summed E-state index contributed by atoms with van der Waals surface area (Å²) in [5.74, 6) is -0.989. The summed E-state index contributed by atoms with van der Waals surface area (Å²) in [6, 6.07) is 12.6. The molecule has 5 heteroatoms. The lowest BCUT2D eigenvalue weighted by Crippen LogP contribution is -2.21. The van der Waals surface area contributed by atoms with Crippen molar-refractivity contribution >= 4 is 5.97 Å². The van der Waals surface area contributed by atoms with Crippen LogP contribution in [0, 0.1) is 0 Å². The molecule has 1 aromatic heterocycles. The molecule has 0 amide bonds. The van der Waals surface area contributed by atoms with Crippen LogP contribution in [0.5, 0.6) is 0 Å². The van der Waals surface area contributed by atoms with Crippen molar-refractivity contribution in [3.63, 3.8) is 0 Å². The molecule has 0 aliphatic carbocycles. The van der Waals surface area contributed by atoms with Crippen LogP contribution < -0.4 is 5.32 Å². The molecule has 1 heterocycles. The predicted octanol–water partition coefficient (Wildman–Crippen LogP) is 1.60. The zero-order chi connectivity index (χ0) is 14.4. The number of aromatic nitrogens is 1. The van der Waals surface area contributed by atoms with Gasteiger partial charge in [-0.05, 0) is 17.7 Å². The summed E-state index contributed by atoms with van der Waals surface area (Å²) >= 11 is 0. The summed E-state index contributed by atoms with van der Waals surface area (Å²) in [6.07, 6.45) is 0.752. The Morgan fingerprint density at radius 2 is 1.95 bits per heavy atom. The number of carboxylic acids is 1. The number of aliphatic hydroxyl groups is 1. The van der Waals surface area contributed by atoms with Gasteiger partial charge in [-0.2, -0.15) is 0 Å². The van der Waals surface area contributed by atoms with Gasteiger partial charge < -0.3 is 15.5 Å². The van der Waals surface area contributed by atoms with Gasteiger partial charge >= 0.3 is 5.97 Å². The highest BCUT2D eigenvalue weighted by Gasteiger charge is 2.07. The van der Waals surface area contributed by atoms with Crippen LogP contribution in [0.1, 0.15) is 27.7 Å². The summed E-state index contributed by atoms with van der Waals surface area (Å²) in [5.41, 5.74) is 1.75. The second-order valence-corrected chi connectivity index (χ2v) is 4.40. The molecule has 0 aliphatic rings. The van der Waals surface area contributed by atoms with E-state index in [2.05, 4.69) is 10.3 Å². The molecule has 1 unspecified atom stereocenters. The molecule has 0 fully saturated rings. The van der Waals surface area contributed by atoms with Crippen LogP contribution in [-0.4, -0.2) is 27.7 Å². The zero-order valence-corrected chi connectivity index (χ0v) is 10.9. The molecule has 104 valence electrons. The smallest absolute Gasteiger partial charge is 0.337 e. The highest BCUT2D eigenvalue weighted by Crippen LogP contribution is 2.10. The van der Waals surface area contributed by atoms with E-state index in [-0.39, 0.29) is 5.56 Å². The quantitative estimate of drug-likeness (QED) is 0.744. The number of hydrogen-bond acceptors (Lipinski definition) is 4. The molecule has 0 radical (unpaired) electrons. The van der Waals surface area contributed by atoms with E-state index in [9.17, 15) is 9.90 Å². The van der Waals surface area contributed by atoms with Crippen LogP contribution in [0.2, 0.25) is 0 Å². The van der Waals surface area contributed by atoms with E-state index in [1.807, 2.05) is 30.3 Å². The number of aromatic carboxylic acids is 1. The van der Waals surface area contributed by atoms with Crippen LogP contribution >= 0.6 is 0 Å². The van der Waals surface area contributed by atoms with Crippen molar-refractivity contribution in [1.29, 1.82) is 0 Å². The molecule has 2 rings (SSSR count). The van der Waals surface area contributed by atoms with E-state index in [4.69, 9.17) is 5.11 Å². The zero-order valence-electron chi connectivity index (χ0n) is 10.9. The third kappa shape index (κ3) is 3.88. The Kier molecular flexibility index (Phi) is 4.81. The van der Waals surface area contributed by atoms with E-state index in [1.54, 1.807) is 6.07 Å². The number of nitrogens with one attached hydrogen (secondary N) is 1. The summed E-state index contributed by atoms with van der Waals surface area (Å²) in [5, 5.41) is 21.8. The first kappa shape index (κ1) is 14.2. The Morgan fingerprint density at radius 3 is 2.55 bits per heavy atom. The van der Waals surface area contributed by atoms with Crippen molar-refractivity contribution in [1.82, 2.24) is 10.3 Å². The van der Waals surface area contributed by atoms with Crippen molar-refractivity contribution in [3.05, 3.63) is 65.5 Å². The van der Waals surface area contributed by atoms with Crippen molar-refractivity contribution in [2.75, 3.05) is 6.54 Å². The molecule has 0 saturated carbocycles. The highest BCUT2D eigenvalue weighted by molar-refractivity contribution is 5.87.